The molecule has 2 aromatic carbocycles. The summed E-state index contributed by atoms with van der Waals surface area (Å²) in [5, 5.41) is 3.20. The minimum absolute atomic E-state index is 0.111. The maximum Gasteiger partial charge on any atom is 0.331 e. The van der Waals surface area contributed by atoms with Crippen LogP contribution in [0.5, 0.6) is 11.5 Å². The van der Waals surface area contributed by atoms with Crippen LogP contribution in [0.25, 0.3) is 6.08 Å². The first kappa shape index (κ1) is 20.7. The summed E-state index contributed by atoms with van der Waals surface area (Å²) in [6, 6.07) is 11.0. The molecule has 0 fully saturated rings. The molecule has 29 heavy (non-hydrogen) atoms. The van der Waals surface area contributed by atoms with Gasteiger partial charge in [0.15, 0.2) is 18.1 Å². The number of nitrogens with one attached hydrogen (secondary N) is 1. The van der Waals surface area contributed by atoms with Gasteiger partial charge in [-0.05, 0) is 47.7 Å². The van der Waals surface area contributed by atoms with Crippen LogP contribution >= 0.6 is 11.6 Å². The second-order valence-corrected chi connectivity index (χ2v) is 7.03. The number of hydrogen-bond donors (Lipinski definition) is 1. The molecule has 6 nitrogen and oxygen atoms in total. The molecule has 0 saturated carbocycles. The quantitative estimate of drug-likeness (QED) is 0.520. The smallest absolute Gasteiger partial charge is 0.331 e. The summed E-state index contributed by atoms with van der Waals surface area (Å²) in [5.74, 6) is 0.286. The number of para-hydroxylation sites is 1. The van der Waals surface area contributed by atoms with Gasteiger partial charge in [-0.25, -0.2) is 4.79 Å². The lowest BCUT2D eigenvalue weighted by atomic mass is 9.97. The Kier molecular flexibility index (Phi) is 6.77. The molecule has 0 radical (unpaired) electrons. The number of benzene rings is 2. The molecule has 0 aromatic heterocycles. The summed E-state index contributed by atoms with van der Waals surface area (Å²) in [7, 11) is 0. The first-order valence-corrected chi connectivity index (χ1v) is 9.68. The van der Waals surface area contributed by atoms with Gasteiger partial charge in [-0.1, -0.05) is 43.6 Å². The molecule has 0 spiro atoms. The van der Waals surface area contributed by atoms with E-state index in [0.29, 0.717) is 28.0 Å². The average Bonchev–Trinajstić information content (AvgIpc) is 3.20. The number of carbonyl (C=O) groups excluding carboxylic acids is 2. The van der Waals surface area contributed by atoms with Crippen molar-refractivity contribution in [2.24, 2.45) is 0 Å². The summed E-state index contributed by atoms with van der Waals surface area (Å²) < 4.78 is 15.5. The standard InChI is InChI=1S/C22H22ClNO5/c1-3-14(2)16-6-4-5-7-18(16)24-20(25)12-27-21(26)9-8-15-10-17(23)22-19(11-15)28-13-29-22/h4-11,14H,3,12-13H2,1-2H3,(H,24,25)/b9-8+/t14-/m1/s1. The second kappa shape index (κ2) is 9.47. The Hall–Kier alpha value is -2.99. The number of halogens is 1. The lowest BCUT2D eigenvalue weighted by Gasteiger charge is -2.15. The van der Waals surface area contributed by atoms with Crippen LogP contribution in [0, 0.1) is 0 Å². The van der Waals surface area contributed by atoms with Crippen LogP contribution in [0.1, 0.15) is 37.3 Å². The molecule has 1 amide bonds. The van der Waals surface area contributed by atoms with Gasteiger partial charge in [0.2, 0.25) is 6.79 Å². The van der Waals surface area contributed by atoms with Crippen molar-refractivity contribution in [3.8, 4) is 11.5 Å². The summed E-state index contributed by atoms with van der Waals surface area (Å²) in [5.41, 5.74) is 2.44. The lowest BCUT2D eigenvalue weighted by Crippen LogP contribution is -2.21. The lowest BCUT2D eigenvalue weighted by molar-refractivity contribution is -0.142. The van der Waals surface area contributed by atoms with Crippen molar-refractivity contribution in [1.29, 1.82) is 0 Å². The molecular weight excluding hydrogens is 394 g/mol. The van der Waals surface area contributed by atoms with Crippen molar-refractivity contribution in [1.82, 2.24) is 0 Å². The first-order chi connectivity index (χ1) is 14.0. The second-order valence-electron chi connectivity index (χ2n) is 6.62. The zero-order chi connectivity index (χ0) is 20.8. The fourth-order valence-electron chi connectivity index (χ4n) is 2.88. The molecule has 1 N–H and O–H groups in total. The Morgan fingerprint density at radius 2 is 2.07 bits per heavy atom. The highest BCUT2D eigenvalue weighted by molar-refractivity contribution is 6.32. The number of hydrogen-bond acceptors (Lipinski definition) is 5. The molecule has 1 aliphatic rings. The van der Waals surface area contributed by atoms with Crippen LogP contribution in [0.4, 0.5) is 5.69 Å². The largest absolute Gasteiger partial charge is 0.454 e. The zero-order valence-electron chi connectivity index (χ0n) is 16.2. The highest BCUT2D eigenvalue weighted by Gasteiger charge is 2.17. The van der Waals surface area contributed by atoms with E-state index in [2.05, 4.69) is 19.2 Å². The SMILES string of the molecule is CC[C@@H](C)c1ccccc1NC(=O)COC(=O)/C=C/c1cc(Cl)c2c(c1)OCO2. The van der Waals surface area contributed by atoms with E-state index in [1.807, 2.05) is 24.3 Å². The number of anilines is 1. The Bertz CT molecular complexity index is 941. The van der Waals surface area contributed by atoms with Crippen molar-refractivity contribution in [3.05, 3.63) is 58.6 Å². The average molecular weight is 416 g/mol. The van der Waals surface area contributed by atoms with Crippen LogP contribution in [0.3, 0.4) is 0 Å². The predicted molar refractivity (Wildman–Crippen MR) is 111 cm³/mol. The minimum atomic E-state index is -0.635. The number of amides is 1. The number of fused-ring (bicyclic) bond motifs is 1. The van der Waals surface area contributed by atoms with Gasteiger partial charge >= 0.3 is 5.97 Å². The molecule has 0 unspecified atom stereocenters. The normalized spacial score (nSPS) is 13.3. The van der Waals surface area contributed by atoms with Crippen molar-refractivity contribution >= 4 is 35.2 Å². The molecule has 1 heterocycles. The predicted octanol–water partition coefficient (Wildman–Crippen LogP) is 4.78. The number of rotatable bonds is 7. The number of carbonyl (C=O) groups is 2. The summed E-state index contributed by atoms with van der Waals surface area (Å²) in [4.78, 5) is 24.1. The maximum atomic E-state index is 12.2. The van der Waals surface area contributed by atoms with Gasteiger partial charge in [-0.3, -0.25) is 4.79 Å². The molecule has 0 aliphatic carbocycles. The zero-order valence-corrected chi connectivity index (χ0v) is 17.0. The van der Waals surface area contributed by atoms with E-state index in [1.165, 1.54) is 12.2 Å². The van der Waals surface area contributed by atoms with E-state index in [-0.39, 0.29) is 13.4 Å². The van der Waals surface area contributed by atoms with Gasteiger partial charge in [0.25, 0.3) is 5.91 Å². The Morgan fingerprint density at radius 3 is 2.86 bits per heavy atom. The third-order valence-corrected chi connectivity index (χ3v) is 4.87. The van der Waals surface area contributed by atoms with Crippen LogP contribution in [0.2, 0.25) is 5.02 Å². The highest BCUT2D eigenvalue weighted by atomic mass is 35.5. The third-order valence-electron chi connectivity index (χ3n) is 4.59. The fraction of sp³-hybridized carbons (Fsp3) is 0.273. The topological polar surface area (TPSA) is 73.9 Å². The van der Waals surface area contributed by atoms with E-state index >= 15 is 0 Å². The van der Waals surface area contributed by atoms with Crippen molar-refractivity contribution < 1.29 is 23.8 Å². The first-order valence-electron chi connectivity index (χ1n) is 9.30. The van der Waals surface area contributed by atoms with Crippen molar-refractivity contribution in [2.45, 2.75) is 26.2 Å². The molecule has 152 valence electrons. The van der Waals surface area contributed by atoms with Gasteiger partial charge in [-0.15, -0.1) is 0 Å². The molecule has 0 bridgehead atoms. The monoisotopic (exact) mass is 415 g/mol. The van der Waals surface area contributed by atoms with Crippen LogP contribution in [-0.2, 0) is 14.3 Å². The Balaban J connectivity index is 1.54. The minimum Gasteiger partial charge on any atom is -0.454 e. The van der Waals surface area contributed by atoms with Crippen LogP contribution in [0.15, 0.2) is 42.5 Å². The molecule has 2 aromatic rings. The van der Waals surface area contributed by atoms with E-state index in [1.54, 1.807) is 12.1 Å². The summed E-state index contributed by atoms with van der Waals surface area (Å²) in [6.45, 7) is 3.92. The van der Waals surface area contributed by atoms with Crippen LogP contribution < -0.4 is 14.8 Å². The molecule has 3 rings (SSSR count). The van der Waals surface area contributed by atoms with Gasteiger partial charge in [0.05, 0.1) is 5.02 Å². The van der Waals surface area contributed by atoms with Gasteiger partial charge in [-0.2, -0.15) is 0 Å². The van der Waals surface area contributed by atoms with Crippen molar-refractivity contribution in [2.75, 3.05) is 18.7 Å². The van der Waals surface area contributed by atoms with Gasteiger partial charge < -0.3 is 19.5 Å². The number of ether oxygens (including phenoxy) is 3. The third kappa shape index (κ3) is 5.29. The van der Waals surface area contributed by atoms with E-state index in [4.69, 9.17) is 25.8 Å². The fourth-order valence-corrected chi connectivity index (χ4v) is 3.15. The Labute approximate surface area is 174 Å². The van der Waals surface area contributed by atoms with Gasteiger partial charge in [0, 0.05) is 11.8 Å². The van der Waals surface area contributed by atoms with E-state index in [9.17, 15) is 9.59 Å². The molecular formula is C22H22ClNO5. The highest BCUT2D eigenvalue weighted by Crippen LogP contribution is 2.40. The van der Waals surface area contributed by atoms with Crippen LogP contribution in [-0.4, -0.2) is 25.3 Å². The molecule has 7 heteroatoms. The van der Waals surface area contributed by atoms with Crippen molar-refractivity contribution in [3.63, 3.8) is 0 Å². The van der Waals surface area contributed by atoms with E-state index < -0.39 is 11.9 Å². The van der Waals surface area contributed by atoms with Gasteiger partial charge in [0.1, 0.15) is 0 Å². The summed E-state index contributed by atoms with van der Waals surface area (Å²) >= 11 is 6.11. The summed E-state index contributed by atoms with van der Waals surface area (Å²) in [6.07, 6.45) is 3.72. The number of esters is 1. The maximum absolute atomic E-state index is 12.2. The Morgan fingerprint density at radius 1 is 1.28 bits per heavy atom. The molecule has 1 atom stereocenters. The molecule has 0 saturated heterocycles. The molecule has 1 aliphatic heterocycles. The van der Waals surface area contributed by atoms with E-state index in [0.717, 1.165) is 17.7 Å².